The van der Waals surface area contributed by atoms with Gasteiger partial charge in [0.1, 0.15) is 5.75 Å². The normalized spacial score (nSPS) is 14.5. The first-order chi connectivity index (χ1) is 13.2. The lowest BCUT2D eigenvalue weighted by molar-refractivity contribution is -0.121. The molecule has 2 aromatic carbocycles. The molecule has 0 saturated carbocycles. The molecule has 0 spiro atoms. The molecule has 1 heterocycles. The van der Waals surface area contributed by atoms with Gasteiger partial charge in [0.2, 0.25) is 5.91 Å². The van der Waals surface area contributed by atoms with Gasteiger partial charge in [-0.05, 0) is 56.2 Å². The van der Waals surface area contributed by atoms with Gasteiger partial charge in [0, 0.05) is 30.4 Å². The van der Waals surface area contributed by atoms with Crippen molar-refractivity contribution in [3.05, 3.63) is 54.6 Å². The molecule has 3 rings (SSSR count). The Morgan fingerprint density at radius 3 is 2.22 bits per heavy atom. The van der Waals surface area contributed by atoms with Crippen LogP contribution in [0.4, 0.5) is 16.2 Å². The van der Waals surface area contributed by atoms with Crippen LogP contribution >= 0.6 is 0 Å². The predicted octanol–water partition coefficient (Wildman–Crippen LogP) is 3.97. The van der Waals surface area contributed by atoms with Crippen LogP contribution in [0.15, 0.2) is 54.6 Å². The van der Waals surface area contributed by atoms with E-state index in [1.165, 1.54) is 0 Å². The minimum atomic E-state index is -0.119. The number of hydrogen-bond acceptors (Lipinski definition) is 3. The number of nitrogens with one attached hydrogen (secondary N) is 2. The summed E-state index contributed by atoms with van der Waals surface area (Å²) in [6.07, 6.45) is 1.32. The summed E-state index contributed by atoms with van der Waals surface area (Å²) in [4.78, 5) is 26.6. The summed E-state index contributed by atoms with van der Waals surface area (Å²) >= 11 is 0. The van der Waals surface area contributed by atoms with E-state index in [4.69, 9.17) is 4.74 Å². The molecule has 6 heteroatoms. The van der Waals surface area contributed by atoms with Crippen molar-refractivity contribution in [3.8, 4) is 5.75 Å². The number of amides is 3. The number of ether oxygens (including phenoxy) is 1. The fourth-order valence-electron chi connectivity index (χ4n) is 3.11. The van der Waals surface area contributed by atoms with Crippen LogP contribution in [-0.2, 0) is 4.79 Å². The Hall–Kier alpha value is -3.02. The van der Waals surface area contributed by atoms with Gasteiger partial charge >= 0.3 is 6.03 Å². The van der Waals surface area contributed by atoms with E-state index in [0.29, 0.717) is 32.5 Å². The van der Waals surface area contributed by atoms with Gasteiger partial charge in [0.05, 0.1) is 6.61 Å². The van der Waals surface area contributed by atoms with Gasteiger partial charge in [-0.15, -0.1) is 0 Å². The molecule has 6 nitrogen and oxygen atoms in total. The summed E-state index contributed by atoms with van der Waals surface area (Å²) in [6, 6.07) is 16.6. The number of nitrogens with zero attached hydrogens (tertiary/aromatic N) is 1. The Balaban J connectivity index is 1.46. The molecule has 0 aromatic heterocycles. The zero-order valence-corrected chi connectivity index (χ0v) is 15.5. The Morgan fingerprint density at radius 2 is 1.59 bits per heavy atom. The number of para-hydroxylation sites is 1. The first-order valence-corrected chi connectivity index (χ1v) is 9.30. The van der Waals surface area contributed by atoms with Crippen LogP contribution < -0.4 is 15.4 Å². The maximum Gasteiger partial charge on any atom is 0.321 e. The number of anilines is 2. The van der Waals surface area contributed by atoms with Crippen molar-refractivity contribution in [2.75, 3.05) is 30.3 Å². The molecule has 3 amide bonds. The molecule has 1 fully saturated rings. The van der Waals surface area contributed by atoms with E-state index in [9.17, 15) is 9.59 Å². The molecule has 1 saturated heterocycles. The quantitative estimate of drug-likeness (QED) is 0.840. The number of benzene rings is 2. The third-order valence-corrected chi connectivity index (χ3v) is 4.61. The van der Waals surface area contributed by atoms with E-state index >= 15 is 0 Å². The van der Waals surface area contributed by atoms with Gasteiger partial charge < -0.3 is 20.3 Å². The van der Waals surface area contributed by atoms with Crippen LogP contribution in [0.25, 0.3) is 0 Å². The van der Waals surface area contributed by atoms with Gasteiger partial charge in [-0.25, -0.2) is 4.79 Å². The van der Waals surface area contributed by atoms with Crippen LogP contribution in [0.1, 0.15) is 19.8 Å². The largest absolute Gasteiger partial charge is 0.494 e. The number of carbonyl (C=O) groups excluding carboxylic acids is 2. The standard InChI is InChI=1S/C21H25N3O3/c1-2-27-19-10-8-18(9-11-19)22-20(25)16-12-14-24(15-13-16)21(26)23-17-6-4-3-5-7-17/h3-11,16H,2,12-15H2,1H3,(H,22,25)(H,23,26). The van der Waals surface area contributed by atoms with Crippen LogP contribution in [0.5, 0.6) is 5.75 Å². The van der Waals surface area contributed by atoms with Crippen molar-refractivity contribution < 1.29 is 14.3 Å². The van der Waals surface area contributed by atoms with Crippen LogP contribution in [0, 0.1) is 5.92 Å². The number of hydrogen-bond donors (Lipinski definition) is 2. The van der Waals surface area contributed by atoms with Crippen LogP contribution in [-0.4, -0.2) is 36.5 Å². The molecular formula is C21H25N3O3. The summed E-state index contributed by atoms with van der Waals surface area (Å²) in [5, 5.41) is 5.84. The van der Waals surface area contributed by atoms with E-state index in [0.717, 1.165) is 17.1 Å². The van der Waals surface area contributed by atoms with Crippen molar-refractivity contribution in [2.45, 2.75) is 19.8 Å². The highest BCUT2D eigenvalue weighted by Crippen LogP contribution is 2.21. The molecule has 27 heavy (non-hydrogen) atoms. The van der Waals surface area contributed by atoms with Gasteiger partial charge in [0.25, 0.3) is 0 Å². The van der Waals surface area contributed by atoms with E-state index in [-0.39, 0.29) is 17.9 Å². The highest BCUT2D eigenvalue weighted by molar-refractivity contribution is 5.93. The van der Waals surface area contributed by atoms with Crippen molar-refractivity contribution in [2.24, 2.45) is 5.92 Å². The van der Waals surface area contributed by atoms with E-state index < -0.39 is 0 Å². The van der Waals surface area contributed by atoms with E-state index in [1.807, 2.05) is 61.5 Å². The second-order valence-electron chi connectivity index (χ2n) is 6.50. The minimum Gasteiger partial charge on any atom is -0.494 e. The summed E-state index contributed by atoms with van der Waals surface area (Å²) in [5.41, 5.74) is 1.53. The second kappa shape index (κ2) is 9.07. The monoisotopic (exact) mass is 367 g/mol. The van der Waals surface area contributed by atoms with Gasteiger partial charge in [-0.1, -0.05) is 18.2 Å². The minimum absolute atomic E-state index is 0.00211. The zero-order valence-electron chi connectivity index (χ0n) is 15.5. The fraction of sp³-hybridized carbons (Fsp3) is 0.333. The molecule has 142 valence electrons. The number of urea groups is 1. The van der Waals surface area contributed by atoms with Gasteiger partial charge in [-0.2, -0.15) is 0 Å². The number of rotatable bonds is 5. The van der Waals surface area contributed by atoms with Crippen LogP contribution in [0.3, 0.4) is 0 Å². The zero-order chi connectivity index (χ0) is 19.1. The maximum atomic E-state index is 12.5. The summed E-state index contributed by atoms with van der Waals surface area (Å²) in [5.74, 6) is 0.702. The van der Waals surface area contributed by atoms with E-state index in [1.54, 1.807) is 4.90 Å². The third kappa shape index (κ3) is 5.23. The fourth-order valence-corrected chi connectivity index (χ4v) is 3.11. The number of likely N-dealkylation sites (tertiary alicyclic amines) is 1. The smallest absolute Gasteiger partial charge is 0.321 e. The maximum absolute atomic E-state index is 12.5. The first kappa shape index (κ1) is 18.8. The predicted molar refractivity (Wildman–Crippen MR) is 106 cm³/mol. The topological polar surface area (TPSA) is 70.7 Å². The molecule has 1 aliphatic heterocycles. The lowest BCUT2D eigenvalue weighted by Crippen LogP contribution is -2.43. The molecule has 0 bridgehead atoms. The van der Waals surface area contributed by atoms with Crippen molar-refractivity contribution in [1.82, 2.24) is 4.90 Å². The average Bonchev–Trinajstić information content (AvgIpc) is 2.70. The van der Waals surface area contributed by atoms with Crippen LogP contribution in [0.2, 0.25) is 0 Å². The Kier molecular flexibility index (Phi) is 6.30. The van der Waals surface area contributed by atoms with Gasteiger partial charge in [-0.3, -0.25) is 4.79 Å². The molecule has 1 aliphatic rings. The first-order valence-electron chi connectivity index (χ1n) is 9.30. The molecule has 2 aromatic rings. The van der Waals surface area contributed by atoms with Crippen molar-refractivity contribution >= 4 is 23.3 Å². The SMILES string of the molecule is CCOc1ccc(NC(=O)C2CCN(C(=O)Nc3ccccc3)CC2)cc1. The lowest BCUT2D eigenvalue weighted by atomic mass is 9.96. The summed E-state index contributed by atoms with van der Waals surface area (Å²) in [6.45, 7) is 3.68. The highest BCUT2D eigenvalue weighted by atomic mass is 16.5. The average molecular weight is 367 g/mol. The second-order valence-corrected chi connectivity index (χ2v) is 6.50. The van der Waals surface area contributed by atoms with Gasteiger partial charge in [0.15, 0.2) is 0 Å². The molecule has 0 atom stereocenters. The molecule has 0 radical (unpaired) electrons. The summed E-state index contributed by atoms with van der Waals surface area (Å²) in [7, 11) is 0. The van der Waals surface area contributed by atoms with Crippen molar-refractivity contribution in [1.29, 1.82) is 0 Å². The summed E-state index contributed by atoms with van der Waals surface area (Å²) < 4.78 is 5.40. The molecule has 0 unspecified atom stereocenters. The highest BCUT2D eigenvalue weighted by Gasteiger charge is 2.27. The van der Waals surface area contributed by atoms with Crippen molar-refractivity contribution in [3.63, 3.8) is 0 Å². The molecular weight excluding hydrogens is 342 g/mol. The lowest BCUT2D eigenvalue weighted by Gasteiger charge is -2.31. The van der Waals surface area contributed by atoms with E-state index in [2.05, 4.69) is 10.6 Å². The number of piperidine rings is 1. The third-order valence-electron chi connectivity index (χ3n) is 4.61. The molecule has 0 aliphatic carbocycles. The Labute approximate surface area is 159 Å². The number of carbonyl (C=O) groups is 2. The Bertz CT molecular complexity index is 754. The molecule has 2 N–H and O–H groups in total. The Morgan fingerprint density at radius 1 is 0.963 bits per heavy atom.